The molecule has 0 aromatic carbocycles. The summed E-state index contributed by atoms with van der Waals surface area (Å²) in [6.07, 6.45) is 2.23. The number of rotatable bonds is 5. The van der Waals surface area contributed by atoms with Crippen molar-refractivity contribution in [2.24, 2.45) is 0 Å². The standard InChI is InChI=1S/C13H20BrN3OS/c1-15-13(18)8-17-4-2-11(3-5-17)16-7-12-6-10(14)9-19-12/h6,9,11,16H,2-5,7-8H2,1H3,(H,15,18). The molecule has 2 rings (SSSR count). The van der Waals surface area contributed by atoms with Crippen LogP contribution >= 0.6 is 27.3 Å². The van der Waals surface area contributed by atoms with E-state index in [0.29, 0.717) is 12.6 Å². The van der Waals surface area contributed by atoms with E-state index in [2.05, 4.69) is 42.9 Å². The summed E-state index contributed by atoms with van der Waals surface area (Å²) in [5.74, 6) is 0.106. The number of hydrogen-bond acceptors (Lipinski definition) is 4. The van der Waals surface area contributed by atoms with Gasteiger partial charge in [0.05, 0.1) is 6.54 Å². The molecule has 1 aliphatic heterocycles. The molecule has 1 aromatic heterocycles. The maximum absolute atomic E-state index is 11.3. The van der Waals surface area contributed by atoms with E-state index in [9.17, 15) is 4.79 Å². The zero-order valence-corrected chi connectivity index (χ0v) is 13.5. The van der Waals surface area contributed by atoms with Gasteiger partial charge in [0.25, 0.3) is 0 Å². The molecule has 2 N–H and O–H groups in total. The van der Waals surface area contributed by atoms with E-state index in [4.69, 9.17) is 0 Å². The Morgan fingerprint density at radius 1 is 1.53 bits per heavy atom. The summed E-state index contributed by atoms with van der Waals surface area (Å²) in [5, 5.41) is 8.39. The second kappa shape index (κ2) is 7.38. The Bertz CT molecular complexity index is 416. The first-order valence-corrected chi connectivity index (χ1v) is 8.24. The fourth-order valence-corrected chi connectivity index (χ4v) is 3.67. The van der Waals surface area contributed by atoms with Crippen LogP contribution in [0.4, 0.5) is 0 Å². The largest absolute Gasteiger partial charge is 0.358 e. The van der Waals surface area contributed by atoms with Gasteiger partial charge in [-0.2, -0.15) is 0 Å². The highest BCUT2D eigenvalue weighted by atomic mass is 79.9. The predicted octanol–water partition coefficient (Wildman–Crippen LogP) is 1.81. The van der Waals surface area contributed by atoms with E-state index >= 15 is 0 Å². The van der Waals surface area contributed by atoms with Gasteiger partial charge in [0.15, 0.2) is 0 Å². The molecule has 2 heterocycles. The number of nitrogens with one attached hydrogen (secondary N) is 2. The minimum atomic E-state index is 0.106. The first kappa shape index (κ1) is 15.0. The van der Waals surface area contributed by atoms with Crippen molar-refractivity contribution in [3.63, 3.8) is 0 Å². The number of carbonyl (C=O) groups is 1. The quantitative estimate of drug-likeness (QED) is 0.855. The molecule has 0 atom stereocenters. The molecule has 6 heteroatoms. The lowest BCUT2D eigenvalue weighted by Gasteiger charge is -2.31. The number of halogens is 1. The molecule has 1 amide bonds. The number of piperidine rings is 1. The predicted molar refractivity (Wildman–Crippen MR) is 82.4 cm³/mol. The van der Waals surface area contributed by atoms with Crippen molar-refractivity contribution in [3.8, 4) is 0 Å². The van der Waals surface area contributed by atoms with E-state index < -0.39 is 0 Å². The van der Waals surface area contributed by atoms with Gasteiger partial charge < -0.3 is 10.6 Å². The molecule has 1 saturated heterocycles. The van der Waals surface area contributed by atoms with Gasteiger partial charge >= 0.3 is 0 Å². The number of thiophene rings is 1. The van der Waals surface area contributed by atoms with E-state index in [1.165, 1.54) is 4.88 Å². The number of carbonyl (C=O) groups excluding carboxylic acids is 1. The van der Waals surface area contributed by atoms with Crippen LogP contribution in [0.15, 0.2) is 15.9 Å². The second-order valence-corrected chi connectivity index (χ2v) is 6.75. The Labute approximate surface area is 126 Å². The van der Waals surface area contributed by atoms with Gasteiger partial charge in [-0.1, -0.05) is 0 Å². The molecule has 0 radical (unpaired) electrons. The first-order valence-electron chi connectivity index (χ1n) is 6.56. The molecule has 0 unspecified atom stereocenters. The molecule has 19 heavy (non-hydrogen) atoms. The Kier molecular flexibility index (Phi) is 5.81. The highest BCUT2D eigenvalue weighted by Crippen LogP contribution is 2.20. The summed E-state index contributed by atoms with van der Waals surface area (Å²) in [5.41, 5.74) is 0. The Morgan fingerprint density at radius 3 is 2.84 bits per heavy atom. The summed E-state index contributed by atoms with van der Waals surface area (Å²) in [7, 11) is 1.69. The summed E-state index contributed by atoms with van der Waals surface area (Å²) < 4.78 is 1.16. The number of amides is 1. The molecule has 0 bridgehead atoms. The van der Waals surface area contributed by atoms with Crippen molar-refractivity contribution in [3.05, 3.63) is 20.8 Å². The average molecular weight is 346 g/mol. The number of likely N-dealkylation sites (tertiary alicyclic amines) is 1. The third-order valence-electron chi connectivity index (χ3n) is 3.42. The van der Waals surface area contributed by atoms with Crippen molar-refractivity contribution in [2.45, 2.75) is 25.4 Å². The monoisotopic (exact) mass is 345 g/mol. The van der Waals surface area contributed by atoms with Gasteiger partial charge in [-0.15, -0.1) is 11.3 Å². The minimum Gasteiger partial charge on any atom is -0.358 e. The number of nitrogens with zero attached hydrogens (tertiary/aromatic N) is 1. The molecular weight excluding hydrogens is 326 g/mol. The molecule has 1 aliphatic rings. The maximum atomic E-state index is 11.3. The second-order valence-electron chi connectivity index (χ2n) is 4.84. The summed E-state index contributed by atoms with van der Waals surface area (Å²) >= 11 is 5.25. The topological polar surface area (TPSA) is 44.4 Å². The Balaban J connectivity index is 1.67. The Hall–Kier alpha value is -0.430. The highest BCUT2D eigenvalue weighted by Gasteiger charge is 2.20. The fraction of sp³-hybridized carbons (Fsp3) is 0.615. The van der Waals surface area contributed by atoms with Gasteiger partial charge in [0, 0.05) is 47.5 Å². The lowest BCUT2D eigenvalue weighted by Crippen LogP contribution is -2.45. The number of likely N-dealkylation sites (N-methyl/N-ethyl adjacent to an activating group) is 1. The lowest BCUT2D eigenvalue weighted by molar-refractivity contribution is -0.122. The van der Waals surface area contributed by atoms with Crippen LogP contribution in [0.25, 0.3) is 0 Å². The summed E-state index contributed by atoms with van der Waals surface area (Å²) in [6.45, 7) is 3.47. The maximum Gasteiger partial charge on any atom is 0.233 e. The van der Waals surface area contributed by atoms with Crippen LogP contribution < -0.4 is 10.6 Å². The first-order chi connectivity index (χ1) is 9.17. The average Bonchev–Trinajstić information content (AvgIpc) is 2.83. The van der Waals surface area contributed by atoms with Crippen molar-refractivity contribution in [1.29, 1.82) is 0 Å². The normalized spacial score (nSPS) is 17.6. The SMILES string of the molecule is CNC(=O)CN1CCC(NCc2cc(Br)cs2)CC1. The zero-order valence-electron chi connectivity index (χ0n) is 11.1. The molecule has 106 valence electrons. The molecule has 0 saturated carbocycles. The number of hydrogen-bond donors (Lipinski definition) is 2. The van der Waals surface area contributed by atoms with Gasteiger partial charge in [0.1, 0.15) is 0 Å². The van der Waals surface area contributed by atoms with Crippen LogP contribution in [-0.2, 0) is 11.3 Å². The van der Waals surface area contributed by atoms with Crippen LogP contribution in [0.2, 0.25) is 0 Å². The third kappa shape index (κ3) is 4.87. The molecule has 0 aliphatic carbocycles. The molecular formula is C13H20BrN3OS. The van der Waals surface area contributed by atoms with E-state index in [1.807, 2.05) is 0 Å². The minimum absolute atomic E-state index is 0.106. The van der Waals surface area contributed by atoms with Crippen LogP contribution in [0.1, 0.15) is 17.7 Å². The van der Waals surface area contributed by atoms with E-state index in [0.717, 1.165) is 36.9 Å². The van der Waals surface area contributed by atoms with E-state index in [1.54, 1.807) is 18.4 Å². The third-order valence-corrected chi connectivity index (χ3v) is 5.12. The molecule has 4 nitrogen and oxygen atoms in total. The van der Waals surface area contributed by atoms with Gasteiger partial charge in [-0.25, -0.2) is 0 Å². The van der Waals surface area contributed by atoms with Gasteiger partial charge in [-0.3, -0.25) is 9.69 Å². The molecule has 1 aromatic rings. The van der Waals surface area contributed by atoms with E-state index in [-0.39, 0.29) is 5.91 Å². The molecule has 1 fully saturated rings. The van der Waals surface area contributed by atoms with Crippen LogP contribution in [0.3, 0.4) is 0 Å². The van der Waals surface area contributed by atoms with Crippen LogP contribution in [0, 0.1) is 0 Å². The smallest absolute Gasteiger partial charge is 0.233 e. The van der Waals surface area contributed by atoms with Crippen molar-refractivity contribution < 1.29 is 4.79 Å². The summed E-state index contributed by atoms with van der Waals surface area (Å²) in [4.78, 5) is 14.9. The zero-order chi connectivity index (χ0) is 13.7. The lowest BCUT2D eigenvalue weighted by atomic mass is 10.1. The van der Waals surface area contributed by atoms with Crippen molar-refractivity contribution >= 4 is 33.2 Å². The van der Waals surface area contributed by atoms with Crippen molar-refractivity contribution in [2.75, 3.05) is 26.7 Å². The molecule has 0 spiro atoms. The highest BCUT2D eigenvalue weighted by molar-refractivity contribution is 9.10. The van der Waals surface area contributed by atoms with Crippen LogP contribution in [-0.4, -0.2) is 43.5 Å². The van der Waals surface area contributed by atoms with Crippen molar-refractivity contribution in [1.82, 2.24) is 15.5 Å². The van der Waals surface area contributed by atoms with Gasteiger partial charge in [0.2, 0.25) is 5.91 Å². The fourth-order valence-electron chi connectivity index (χ4n) is 2.27. The van der Waals surface area contributed by atoms with Gasteiger partial charge in [-0.05, 0) is 34.8 Å². The Morgan fingerprint density at radius 2 is 2.26 bits per heavy atom. The van der Waals surface area contributed by atoms with Crippen LogP contribution in [0.5, 0.6) is 0 Å². The summed E-state index contributed by atoms with van der Waals surface area (Å²) in [6, 6.07) is 2.74.